The van der Waals surface area contributed by atoms with Gasteiger partial charge in [-0.05, 0) is 43.2 Å². The molecule has 2 saturated carbocycles. The predicted octanol–water partition coefficient (Wildman–Crippen LogP) is 2.24. The van der Waals surface area contributed by atoms with Gasteiger partial charge in [0, 0.05) is 17.9 Å². The van der Waals surface area contributed by atoms with Crippen molar-refractivity contribution in [3.8, 4) is 0 Å². The first-order chi connectivity index (χ1) is 10.3. The molecule has 1 amide bonds. The Balaban J connectivity index is 1.69. The van der Waals surface area contributed by atoms with Crippen molar-refractivity contribution in [1.82, 2.24) is 5.01 Å². The minimum Gasteiger partial charge on any atom is -0.268 e. The second-order valence-corrected chi connectivity index (χ2v) is 7.16. The monoisotopic (exact) mass is 281 g/mol. The van der Waals surface area contributed by atoms with Crippen LogP contribution in [-0.4, -0.2) is 34.4 Å². The maximum absolute atomic E-state index is 12.7. The molecule has 21 heavy (non-hydrogen) atoms. The number of fused-ring (bicyclic) bond motifs is 6. The van der Waals surface area contributed by atoms with Gasteiger partial charge in [0.15, 0.2) is 6.04 Å². The van der Waals surface area contributed by atoms with Gasteiger partial charge in [-0.2, -0.15) is 0 Å². The number of hydrazone groups is 1. The topological polar surface area (TPSA) is 23.3 Å². The summed E-state index contributed by atoms with van der Waals surface area (Å²) in [7, 11) is 1.98. The molecule has 3 heteroatoms. The first-order valence-corrected chi connectivity index (χ1v) is 8.26. The van der Waals surface area contributed by atoms with Gasteiger partial charge in [-0.25, -0.2) is 0 Å². The van der Waals surface area contributed by atoms with Crippen LogP contribution in [-0.2, 0) is 11.2 Å². The molecule has 2 bridgehead atoms. The third-order valence-electron chi connectivity index (χ3n) is 6.32. The minimum atomic E-state index is 0.272. The number of hydrazine groups is 1. The third kappa shape index (κ3) is 1.39. The van der Waals surface area contributed by atoms with Crippen molar-refractivity contribution in [2.45, 2.75) is 38.1 Å². The van der Waals surface area contributed by atoms with Crippen molar-refractivity contribution in [1.29, 1.82) is 0 Å². The number of aryl methyl sites for hydroxylation is 1. The van der Waals surface area contributed by atoms with E-state index in [2.05, 4.69) is 28.9 Å². The number of hydrogen-bond donors (Lipinski definition) is 0. The summed E-state index contributed by atoms with van der Waals surface area (Å²) in [6.45, 7) is 0. The fourth-order valence-electron chi connectivity index (χ4n) is 5.49. The molecule has 3 nitrogen and oxygen atoms in total. The molecule has 1 aliphatic heterocycles. The first-order valence-electron chi connectivity index (χ1n) is 8.26. The van der Waals surface area contributed by atoms with E-state index in [-0.39, 0.29) is 5.92 Å². The minimum absolute atomic E-state index is 0.272. The van der Waals surface area contributed by atoms with Gasteiger partial charge in [-0.15, -0.1) is 9.69 Å². The van der Waals surface area contributed by atoms with Gasteiger partial charge in [-0.1, -0.05) is 18.2 Å². The third-order valence-corrected chi connectivity index (χ3v) is 6.32. The molecule has 0 aromatic heterocycles. The Morgan fingerprint density at radius 3 is 2.86 bits per heavy atom. The van der Waals surface area contributed by atoms with Gasteiger partial charge >= 0.3 is 0 Å². The van der Waals surface area contributed by atoms with Crippen molar-refractivity contribution in [3.63, 3.8) is 0 Å². The lowest BCUT2D eigenvalue weighted by Gasteiger charge is -2.18. The molecule has 108 valence electrons. The largest absolute Gasteiger partial charge is 0.287 e. The number of benzene rings is 1. The van der Waals surface area contributed by atoms with Gasteiger partial charge in [0.1, 0.15) is 5.92 Å². The van der Waals surface area contributed by atoms with Crippen molar-refractivity contribution in [2.75, 3.05) is 7.05 Å². The summed E-state index contributed by atoms with van der Waals surface area (Å²) in [5.74, 6) is 2.02. The lowest BCUT2D eigenvalue weighted by Crippen LogP contribution is -2.39. The molecule has 1 aromatic carbocycles. The Kier molecular flexibility index (Phi) is 2.26. The van der Waals surface area contributed by atoms with E-state index in [1.807, 2.05) is 12.1 Å². The Labute approximate surface area is 125 Å². The van der Waals surface area contributed by atoms with Crippen LogP contribution in [0.4, 0.5) is 0 Å². The van der Waals surface area contributed by atoms with E-state index in [1.54, 1.807) is 0 Å². The Hall–Kier alpha value is -1.64. The van der Waals surface area contributed by atoms with E-state index in [0.717, 1.165) is 18.8 Å². The van der Waals surface area contributed by atoms with E-state index in [9.17, 15) is 4.79 Å². The summed E-state index contributed by atoms with van der Waals surface area (Å²) in [6, 6.07) is 9.17. The normalized spacial score (nSPS) is 40.0. The van der Waals surface area contributed by atoms with E-state index < -0.39 is 0 Å². The van der Waals surface area contributed by atoms with Crippen LogP contribution in [0, 0.1) is 17.8 Å². The van der Waals surface area contributed by atoms with Crippen molar-refractivity contribution in [2.24, 2.45) is 17.8 Å². The van der Waals surface area contributed by atoms with E-state index in [1.165, 1.54) is 36.1 Å². The van der Waals surface area contributed by atoms with Crippen LogP contribution >= 0.6 is 0 Å². The van der Waals surface area contributed by atoms with E-state index in [0.29, 0.717) is 17.9 Å². The molecular weight excluding hydrogens is 260 g/mol. The van der Waals surface area contributed by atoms with E-state index in [4.69, 9.17) is 0 Å². The number of amides is 1. The highest BCUT2D eigenvalue weighted by Gasteiger charge is 2.64. The number of carbonyl (C=O) groups excluding carboxylic acids is 1. The van der Waals surface area contributed by atoms with Crippen LogP contribution < -0.4 is 0 Å². The zero-order valence-electron chi connectivity index (χ0n) is 12.5. The first kappa shape index (κ1) is 12.0. The summed E-state index contributed by atoms with van der Waals surface area (Å²) in [6.07, 6.45) is 6.07. The second-order valence-electron chi connectivity index (χ2n) is 7.16. The summed E-state index contributed by atoms with van der Waals surface area (Å²) < 4.78 is 2.39. The maximum atomic E-state index is 12.7. The summed E-state index contributed by atoms with van der Waals surface area (Å²) in [5, 5.41) is 1.94. The standard InChI is InChI=1S/C18H21N2O/c1-19-18(21)16-12-6-7-13(10-12)17(16)20(19)15-9-8-11-4-2-3-5-14(11)15/h2-5,12-13,16-17H,6-10H2,1H3/q+1/b20-15-/t12-,13+,16?,17-/m1/s1. The Morgan fingerprint density at radius 1 is 1.14 bits per heavy atom. The number of hydrogen-bond acceptors (Lipinski definition) is 1. The summed E-state index contributed by atoms with van der Waals surface area (Å²) >= 11 is 0. The molecule has 5 rings (SSSR count). The molecule has 0 N–H and O–H groups in total. The molecule has 0 radical (unpaired) electrons. The molecule has 1 aromatic rings. The van der Waals surface area contributed by atoms with Crippen LogP contribution in [0.5, 0.6) is 0 Å². The molecule has 0 spiro atoms. The van der Waals surface area contributed by atoms with Crippen LogP contribution in [0.2, 0.25) is 0 Å². The van der Waals surface area contributed by atoms with Crippen LogP contribution in [0.1, 0.15) is 36.8 Å². The average Bonchev–Trinajstić information content (AvgIpc) is 3.23. The van der Waals surface area contributed by atoms with E-state index >= 15 is 0 Å². The van der Waals surface area contributed by atoms with Crippen LogP contribution in [0.25, 0.3) is 0 Å². The molecule has 1 unspecified atom stereocenters. The second kappa shape index (κ2) is 3.96. The molecule has 3 fully saturated rings. The quantitative estimate of drug-likeness (QED) is 0.669. The van der Waals surface area contributed by atoms with Crippen molar-refractivity contribution in [3.05, 3.63) is 35.4 Å². The Bertz CT molecular complexity index is 678. The van der Waals surface area contributed by atoms with Gasteiger partial charge in [0.05, 0.1) is 7.05 Å². The Morgan fingerprint density at radius 2 is 1.95 bits per heavy atom. The number of nitrogens with zero attached hydrogens (tertiary/aromatic N) is 2. The highest BCUT2D eigenvalue weighted by atomic mass is 16.2. The molecule has 4 aliphatic rings. The molecule has 1 heterocycles. The van der Waals surface area contributed by atoms with Gasteiger partial charge in [0.2, 0.25) is 5.71 Å². The number of rotatable bonds is 0. The van der Waals surface area contributed by atoms with Gasteiger partial charge in [-0.3, -0.25) is 4.79 Å². The van der Waals surface area contributed by atoms with Crippen molar-refractivity contribution >= 4 is 11.6 Å². The highest BCUT2D eigenvalue weighted by molar-refractivity contribution is 6.01. The summed E-state index contributed by atoms with van der Waals surface area (Å²) in [4.78, 5) is 12.7. The highest BCUT2D eigenvalue weighted by Crippen LogP contribution is 2.53. The fraction of sp³-hybridized carbons (Fsp3) is 0.556. The molecule has 3 aliphatic carbocycles. The zero-order chi connectivity index (χ0) is 14.1. The lowest BCUT2D eigenvalue weighted by molar-refractivity contribution is -0.684. The smallest absolute Gasteiger partial charge is 0.268 e. The van der Waals surface area contributed by atoms with Crippen LogP contribution in [0.3, 0.4) is 0 Å². The fourth-order valence-corrected chi connectivity index (χ4v) is 5.49. The van der Waals surface area contributed by atoms with Crippen molar-refractivity contribution < 1.29 is 9.48 Å². The average molecular weight is 281 g/mol. The summed E-state index contributed by atoms with van der Waals surface area (Å²) in [5.41, 5.74) is 4.21. The molecule has 4 atom stereocenters. The number of carbonyl (C=O) groups is 1. The molecule has 1 saturated heterocycles. The maximum Gasteiger partial charge on any atom is 0.287 e. The zero-order valence-corrected chi connectivity index (χ0v) is 12.5. The van der Waals surface area contributed by atoms with Gasteiger partial charge < -0.3 is 0 Å². The lowest BCUT2D eigenvalue weighted by atomic mass is 9.85. The SMILES string of the molecule is CN1C(=O)C2[C@@H]3CC[C@@H](C3)[C@H]2/[N+]1=C1\CCc2ccccc21. The predicted molar refractivity (Wildman–Crippen MR) is 80.0 cm³/mol. The van der Waals surface area contributed by atoms with Crippen LogP contribution in [0.15, 0.2) is 24.3 Å². The molecular formula is C18H21N2O+. The van der Waals surface area contributed by atoms with Gasteiger partial charge in [0.25, 0.3) is 5.91 Å².